The topological polar surface area (TPSA) is 75.7 Å². The second kappa shape index (κ2) is 7.87. The number of hydrogen-bond acceptors (Lipinski definition) is 4. The highest BCUT2D eigenvalue weighted by Crippen LogP contribution is 2.22. The molecule has 0 saturated carbocycles. The lowest BCUT2D eigenvalue weighted by atomic mass is 10.1. The van der Waals surface area contributed by atoms with E-state index < -0.39 is 10.0 Å². The number of nitrogens with one attached hydrogen (secondary N) is 1. The number of halogens is 1. The van der Waals surface area contributed by atoms with Crippen LogP contribution in [0.15, 0.2) is 51.8 Å². The summed E-state index contributed by atoms with van der Waals surface area (Å²) in [6.07, 6.45) is 0. The fraction of sp³-hybridized carbons (Fsp3) is 0.278. The minimum atomic E-state index is -3.56. The van der Waals surface area contributed by atoms with Gasteiger partial charge in [-0.25, -0.2) is 8.42 Å². The molecular weight excluding hydrogens is 420 g/mol. The quantitative estimate of drug-likeness (QED) is 0.795. The monoisotopic (exact) mass is 438 g/mol. The van der Waals surface area contributed by atoms with Gasteiger partial charge in [0.2, 0.25) is 10.0 Å². The number of sulfonamides is 1. The molecule has 0 aromatic heterocycles. The number of aryl methyl sites for hydroxylation is 1. The van der Waals surface area contributed by atoms with Gasteiger partial charge in [-0.2, -0.15) is 4.31 Å². The number of carbonyl (C=O) groups is 1. The van der Waals surface area contributed by atoms with Crippen LogP contribution in [0, 0.1) is 6.92 Å². The second-order valence-corrected chi connectivity index (χ2v) is 8.81. The Morgan fingerprint density at radius 3 is 2.38 bits per heavy atom. The molecular formula is C18H19BrN2O4S. The summed E-state index contributed by atoms with van der Waals surface area (Å²) in [7, 11) is -3.56. The van der Waals surface area contributed by atoms with Crippen molar-refractivity contribution in [2.75, 3.05) is 31.6 Å². The Morgan fingerprint density at radius 2 is 1.77 bits per heavy atom. The summed E-state index contributed by atoms with van der Waals surface area (Å²) >= 11 is 3.39. The standard InChI is InChI=1S/C18H19BrN2O4S/c1-13-12-15(19)4-7-17(13)20-18(22)14-2-5-16(6-3-14)26(23,24)21-8-10-25-11-9-21/h2-7,12H,8-11H2,1H3,(H,20,22). The third-order valence-electron chi connectivity index (χ3n) is 4.16. The number of hydrogen-bond donors (Lipinski definition) is 1. The molecule has 6 nitrogen and oxygen atoms in total. The van der Waals surface area contributed by atoms with E-state index >= 15 is 0 Å². The number of carbonyl (C=O) groups excluding carboxylic acids is 1. The average Bonchev–Trinajstić information content (AvgIpc) is 2.65. The van der Waals surface area contributed by atoms with E-state index in [1.807, 2.05) is 25.1 Å². The third kappa shape index (κ3) is 4.15. The first-order chi connectivity index (χ1) is 12.4. The lowest BCUT2D eigenvalue weighted by Gasteiger charge is -2.26. The Kier molecular flexibility index (Phi) is 5.76. The summed E-state index contributed by atoms with van der Waals surface area (Å²) in [6.45, 7) is 3.37. The first-order valence-corrected chi connectivity index (χ1v) is 10.4. The molecule has 2 aromatic rings. The predicted molar refractivity (Wildman–Crippen MR) is 103 cm³/mol. The molecule has 26 heavy (non-hydrogen) atoms. The molecule has 1 fully saturated rings. The van der Waals surface area contributed by atoms with Crippen molar-refractivity contribution in [2.45, 2.75) is 11.8 Å². The lowest BCUT2D eigenvalue weighted by molar-refractivity contribution is 0.0730. The van der Waals surface area contributed by atoms with Gasteiger partial charge >= 0.3 is 0 Å². The van der Waals surface area contributed by atoms with E-state index in [1.165, 1.54) is 28.6 Å². The van der Waals surface area contributed by atoms with Crippen molar-refractivity contribution in [2.24, 2.45) is 0 Å². The number of amides is 1. The first kappa shape index (κ1) is 19.0. The fourth-order valence-electron chi connectivity index (χ4n) is 2.68. The van der Waals surface area contributed by atoms with Gasteiger partial charge in [0.1, 0.15) is 0 Å². The van der Waals surface area contributed by atoms with Crippen LogP contribution in [-0.2, 0) is 14.8 Å². The highest BCUT2D eigenvalue weighted by atomic mass is 79.9. The summed E-state index contributed by atoms with van der Waals surface area (Å²) in [5.41, 5.74) is 2.04. The van der Waals surface area contributed by atoms with Crippen molar-refractivity contribution >= 4 is 37.5 Å². The van der Waals surface area contributed by atoms with E-state index in [-0.39, 0.29) is 10.8 Å². The average molecular weight is 439 g/mol. The van der Waals surface area contributed by atoms with Crippen LogP contribution in [0.2, 0.25) is 0 Å². The van der Waals surface area contributed by atoms with Crippen molar-refractivity contribution in [3.63, 3.8) is 0 Å². The van der Waals surface area contributed by atoms with E-state index in [2.05, 4.69) is 21.2 Å². The van der Waals surface area contributed by atoms with E-state index in [0.717, 1.165) is 10.0 Å². The molecule has 1 N–H and O–H groups in total. The normalized spacial score (nSPS) is 15.6. The van der Waals surface area contributed by atoms with E-state index in [9.17, 15) is 13.2 Å². The highest BCUT2D eigenvalue weighted by molar-refractivity contribution is 9.10. The van der Waals surface area contributed by atoms with Gasteiger partial charge in [-0.15, -0.1) is 0 Å². The van der Waals surface area contributed by atoms with Crippen molar-refractivity contribution in [1.82, 2.24) is 4.31 Å². The fourth-order valence-corrected chi connectivity index (χ4v) is 4.56. The maximum atomic E-state index is 12.6. The molecule has 1 aliphatic rings. The molecule has 0 radical (unpaired) electrons. The van der Waals surface area contributed by atoms with Crippen LogP contribution < -0.4 is 5.32 Å². The second-order valence-electron chi connectivity index (χ2n) is 5.95. The van der Waals surface area contributed by atoms with E-state index in [0.29, 0.717) is 37.6 Å². The minimum absolute atomic E-state index is 0.177. The molecule has 0 aliphatic carbocycles. The molecule has 1 amide bonds. The summed E-state index contributed by atoms with van der Waals surface area (Å²) in [6, 6.07) is 11.6. The van der Waals surface area contributed by atoms with Crippen LogP contribution in [0.1, 0.15) is 15.9 Å². The maximum absolute atomic E-state index is 12.6. The van der Waals surface area contributed by atoms with Crippen molar-refractivity contribution < 1.29 is 17.9 Å². The van der Waals surface area contributed by atoms with Crippen LogP contribution in [-0.4, -0.2) is 44.9 Å². The first-order valence-electron chi connectivity index (χ1n) is 8.13. The summed E-state index contributed by atoms with van der Waals surface area (Å²) in [4.78, 5) is 12.6. The molecule has 1 aliphatic heterocycles. The molecule has 0 spiro atoms. The van der Waals surface area contributed by atoms with Gasteiger partial charge in [0.05, 0.1) is 18.1 Å². The molecule has 3 rings (SSSR count). The molecule has 1 saturated heterocycles. The molecule has 0 bridgehead atoms. The molecule has 0 unspecified atom stereocenters. The lowest BCUT2D eigenvalue weighted by Crippen LogP contribution is -2.40. The molecule has 0 atom stereocenters. The van der Waals surface area contributed by atoms with Gasteiger partial charge in [0.25, 0.3) is 5.91 Å². The van der Waals surface area contributed by atoms with Gasteiger partial charge in [-0.1, -0.05) is 15.9 Å². The van der Waals surface area contributed by atoms with Crippen LogP contribution in [0.4, 0.5) is 5.69 Å². The largest absolute Gasteiger partial charge is 0.379 e. The van der Waals surface area contributed by atoms with Crippen LogP contribution in [0.3, 0.4) is 0 Å². The number of anilines is 1. The number of rotatable bonds is 4. The van der Waals surface area contributed by atoms with Gasteiger partial charge < -0.3 is 10.1 Å². The Labute approximate surface area is 161 Å². The van der Waals surface area contributed by atoms with Crippen molar-refractivity contribution in [1.29, 1.82) is 0 Å². The van der Waals surface area contributed by atoms with E-state index in [1.54, 1.807) is 0 Å². The predicted octanol–water partition coefficient (Wildman–Crippen LogP) is 3.03. The Morgan fingerprint density at radius 1 is 1.12 bits per heavy atom. The highest BCUT2D eigenvalue weighted by Gasteiger charge is 2.26. The van der Waals surface area contributed by atoms with Crippen molar-refractivity contribution in [3.8, 4) is 0 Å². The molecule has 8 heteroatoms. The zero-order valence-electron chi connectivity index (χ0n) is 14.2. The zero-order chi connectivity index (χ0) is 18.7. The SMILES string of the molecule is Cc1cc(Br)ccc1NC(=O)c1ccc(S(=O)(=O)N2CCOCC2)cc1. The molecule has 1 heterocycles. The number of benzene rings is 2. The maximum Gasteiger partial charge on any atom is 0.255 e. The van der Waals surface area contributed by atoms with Gasteiger partial charge in [-0.05, 0) is 55.0 Å². The van der Waals surface area contributed by atoms with Crippen LogP contribution in [0.5, 0.6) is 0 Å². The molecule has 2 aromatic carbocycles. The minimum Gasteiger partial charge on any atom is -0.379 e. The van der Waals surface area contributed by atoms with Crippen LogP contribution in [0.25, 0.3) is 0 Å². The Bertz CT molecular complexity index is 907. The third-order valence-corrected chi connectivity index (χ3v) is 6.57. The Balaban J connectivity index is 1.75. The van der Waals surface area contributed by atoms with Crippen LogP contribution >= 0.6 is 15.9 Å². The van der Waals surface area contributed by atoms with Gasteiger partial charge in [0.15, 0.2) is 0 Å². The van der Waals surface area contributed by atoms with Gasteiger partial charge in [-0.3, -0.25) is 4.79 Å². The number of ether oxygens (including phenoxy) is 1. The van der Waals surface area contributed by atoms with Crippen molar-refractivity contribution in [3.05, 3.63) is 58.1 Å². The van der Waals surface area contributed by atoms with Gasteiger partial charge in [0, 0.05) is 28.8 Å². The smallest absolute Gasteiger partial charge is 0.255 e. The Hall–Kier alpha value is -1.74. The number of nitrogens with zero attached hydrogens (tertiary/aromatic N) is 1. The summed E-state index contributed by atoms with van der Waals surface area (Å²) < 4.78 is 32.7. The zero-order valence-corrected chi connectivity index (χ0v) is 16.6. The van der Waals surface area contributed by atoms with E-state index in [4.69, 9.17) is 4.74 Å². The summed E-state index contributed by atoms with van der Waals surface area (Å²) in [5.74, 6) is -0.286. The summed E-state index contributed by atoms with van der Waals surface area (Å²) in [5, 5.41) is 2.84. The molecule has 138 valence electrons. The number of morpholine rings is 1.